The lowest BCUT2D eigenvalue weighted by molar-refractivity contribution is -0.146. The second kappa shape index (κ2) is 7.83. The number of hydrogen-bond acceptors (Lipinski definition) is 6. The fraction of sp³-hybridized carbons (Fsp3) is 0.812. The van der Waals surface area contributed by atoms with Gasteiger partial charge in [-0.25, -0.2) is 9.59 Å². The molecule has 0 aromatic heterocycles. The Morgan fingerprint density at radius 2 is 1.83 bits per heavy atom. The zero-order valence-corrected chi connectivity index (χ0v) is 15.2. The van der Waals surface area contributed by atoms with E-state index in [2.05, 4.69) is 5.32 Å². The molecule has 1 aliphatic rings. The molecule has 138 valence electrons. The van der Waals surface area contributed by atoms with E-state index in [0.717, 1.165) is 0 Å². The Morgan fingerprint density at radius 3 is 2.29 bits per heavy atom. The molecule has 1 aliphatic heterocycles. The Morgan fingerprint density at radius 1 is 1.25 bits per heavy atom. The normalized spacial score (nSPS) is 22.2. The second-order valence-electron chi connectivity index (χ2n) is 7.29. The first-order valence-corrected chi connectivity index (χ1v) is 8.02. The first-order chi connectivity index (χ1) is 11.0. The van der Waals surface area contributed by atoms with Crippen LogP contribution in [0, 0.1) is 5.92 Å². The summed E-state index contributed by atoms with van der Waals surface area (Å²) in [4.78, 5) is 37.8. The standard InChI is InChI=1S/C16H28N2O6/c1-9(2)12(14(21)23-6)17-13(20)11-7-10(19)8-18(11)15(22)24-16(3,4)5/h9-12,19H,7-8H2,1-6H3,(H,17,20)/t10-,11+,12+/m1/s1. The van der Waals surface area contributed by atoms with Crippen LogP contribution < -0.4 is 5.32 Å². The van der Waals surface area contributed by atoms with Crippen molar-refractivity contribution < 1.29 is 29.0 Å². The highest BCUT2D eigenvalue weighted by Crippen LogP contribution is 2.22. The zero-order chi connectivity index (χ0) is 18.7. The van der Waals surface area contributed by atoms with Crippen LogP contribution in [0.1, 0.15) is 41.0 Å². The maximum absolute atomic E-state index is 12.5. The molecule has 24 heavy (non-hydrogen) atoms. The van der Waals surface area contributed by atoms with Gasteiger partial charge in [-0.1, -0.05) is 13.8 Å². The summed E-state index contributed by atoms with van der Waals surface area (Å²) in [6.07, 6.45) is -1.39. The Labute approximate surface area is 142 Å². The number of methoxy groups -OCH3 is 1. The van der Waals surface area contributed by atoms with Gasteiger partial charge in [0.05, 0.1) is 19.8 Å². The summed E-state index contributed by atoms with van der Waals surface area (Å²) in [6.45, 7) is 8.72. The van der Waals surface area contributed by atoms with Crippen LogP contribution in [0.25, 0.3) is 0 Å². The van der Waals surface area contributed by atoms with Crippen LogP contribution in [0.2, 0.25) is 0 Å². The van der Waals surface area contributed by atoms with E-state index in [1.54, 1.807) is 34.6 Å². The average molecular weight is 344 g/mol. The average Bonchev–Trinajstić information content (AvgIpc) is 2.83. The summed E-state index contributed by atoms with van der Waals surface area (Å²) in [7, 11) is 1.25. The molecule has 1 saturated heterocycles. The molecule has 2 amide bonds. The highest BCUT2D eigenvalue weighted by molar-refractivity contribution is 5.90. The van der Waals surface area contributed by atoms with Gasteiger partial charge in [0.15, 0.2) is 0 Å². The molecule has 0 saturated carbocycles. The minimum atomic E-state index is -0.888. The maximum Gasteiger partial charge on any atom is 0.411 e. The highest BCUT2D eigenvalue weighted by atomic mass is 16.6. The molecule has 0 aliphatic carbocycles. The fourth-order valence-electron chi connectivity index (χ4n) is 2.46. The highest BCUT2D eigenvalue weighted by Gasteiger charge is 2.42. The largest absolute Gasteiger partial charge is 0.467 e. The van der Waals surface area contributed by atoms with Crippen molar-refractivity contribution >= 4 is 18.0 Å². The van der Waals surface area contributed by atoms with E-state index in [1.807, 2.05) is 0 Å². The number of nitrogens with one attached hydrogen (secondary N) is 1. The summed E-state index contributed by atoms with van der Waals surface area (Å²) in [6, 6.07) is -1.71. The van der Waals surface area contributed by atoms with E-state index in [-0.39, 0.29) is 18.9 Å². The Hall–Kier alpha value is -1.83. The molecule has 0 spiro atoms. The summed E-state index contributed by atoms with van der Waals surface area (Å²) in [5.41, 5.74) is -0.710. The molecule has 1 rings (SSSR count). The van der Waals surface area contributed by atoms with Gasteiger partial charge in [-0.3, -0.25) is 9.69 Å². The third-order valence-electron chi connectivity index (χ3n) is 3.63. The van der Waals surface area contributed by atoms with Gasteiger partial charge in [-0.05, 0) is 26.7 Å². The number of aliphatic hydroxyl groups excluding tert-OH is 1. The molecule has 1 fully saturated rings. The quantitative estimate of drug-likeness (QED) is 0.726. The lowest BCUT2D eigenvalue weighted by Crippen LogP contribution is -2.53. The van der Waals surface area contributed by atoms with Crippen LogP contribution in [0.5, 0.6) is 0 Å². The molecule has 8 nitrogen and oxygen atoms in total. The molecule has 0 bridgehead atoms. The molecule has 0 unspecified atom stereocenters. The maximum atomic E-state index is 12.5. The Bertz CT molecular complexity index is 485. The van der Waals surface area contributed by atoms with Gasteiger partial charge in [-0.15, -0.1) is 0 Å². The van der Waals surface area contributed by atoms with Crippen molar-refractivity contribution in [2.45, 2.75) is 64.8 Å². The molecular formula is C16H28N2O6. The molecule has 2 N–H and O–H groups in total. The van der Waals surface area contributed by atoms with Gasteiger partial charge in [0.25, 0.3) is 0 Å². The van der Waals surface area contributed by atoms with Crippen molar-refractivity contribution in [2.75, 3.05) is 13.7 Å². The number of hydrogen-bond donors (Lipinski definition) is 2. The van der Waals surface area contributed by atoms with Gasteiger partial charge in [0.2, 0.25) is 5.91 Å². The van der Waals surface area contributed by atoms with Gasteiger partial charge >= 0.3 is 12.1 Å². The van der Waals surface area contributed by atoms with Crippen LogP contribution in [0.4, 0.5) is 4.79 Å². The van der Waals surface area contributed by atoms with Crippen molar-refractivity contribution in [3.63, 3.8) is 0 Å². The molecule has 0 radical (unpaired) electrons. The summed E-state index contributed by atoms with van der Waals surface area (Å²) < 4.78 is 9.97. The predicted octanol–water partition coefficient (Wildman–Crippen LogP) is 0.671. The number of rotatable bonds is 4. The minimum absolute atomic E-state index is 0.0115. The summed E-state index contributed by atoms with van der Waals surface area (Å²) in [5, 5.41) is 12.4. The molecule has 0 aromatic rings. The number of β-amino-alcohol motifs (C(OH)–C–C–N with tert-alkyl or cyclic N) is 1. The number of ether oxygens (including phenoxy) is 2. The van der Waals surface area contributed by atoms with Crippen LogP contribution in [0.3, 0.4) is 0 Å². The van der Waals surface area contributed by atoms with E-state index >= 15 is 0 Å². The number of nitrogens with zero attached hydrogens (tertiary/aromatic N) is 1. The van der Waals surface area contributed by atoms with E-state index in [4.69, 9.17) is 9.47 Å². The predicted molar refractivity (Wildman–Crippen MR) is 86.1 cm³/mol. The van der Waals surface area contributed by atoms with Gasteiger partial charge in [0, 0.05) is 6.42 Å². The van der Waals surface area contributed by atoms with Crippen molar-refractivity contribution in [1.29, 1.82) is 0 Å². The van der Waals surface area contributed by atoms with Crippen molar-refractivity contribution in [1.82, 2.24) is 10.2 Å². The van der Waals surface area contributed by atoms with Crippen LogP contribution in [-0.2, 0) is 19.1 Å². The second-order valence-corrected chi connectivity index (χ2v) is 7.29. The SMILES string of the molecule is COC(=O)[C@@H](NC(=O)[C@@H]1C[C@@H](O)CN1C(=O)OC(C)(C)C)C(C)C. The van der Waals surface area contributed by atoms with Gasteiger partial charge < -0.3 is 19.9 Å². The first kappa shape index (κ1) is 20.2. The molecule has 1 heterocycles. The molecule has 3 atom stereocenters. The Balaban J connectivity index is 2.86. The van der Waals surface area contributed by atoms with Gasteiger partial charge in [0.1, 0.15) is 17.7 Å². The Kier molecular flexibility index (Phi) is 6.59. The summed E-state index contributed by atoms with van der Waals surface area (Å²) >= 11 is 0. The van der Waals surface area contributed by atoms with E-state index < -0.39 is 41.8 Å². The first-order valence-electron chi connectivity index (χ1n) is 8.02. The van der Waals surface area contributed by atoms with Crippen molar-refractivity contribution in [3.8, 4) is 0 Å². The number of likely N-dealkylation sites (tertiary alicyclic amines) is 1. The van der Waals surface area contributed by atoms with E-state index in [9.17, 15) is 19.5 Å². The topological polar surface area (TPSA) is 105 Å². The third kappa shape index (κ3) is 5.36. The van der Waals surface area contributed by atoms with Crippen molar-refractivity contribution in [2.24, 2.45) is 5.92 Å². The van der Waals surface area contributed by atoms with Crippen LogP contribution in [-0.4, -0.2) is 65.4 Å². The number of amides is 2. The smallest absolute Gasteiger partial charge is 0.411 e. The number of carbonyl (C=O) groups is 3. The number of aliphatic hydroxyl groups is 1. The van der Waals surface area contributed by atoms with Gasteiger partial charge in [-0.2, -0.15) is 0 Å². The molecule has 8 heteroatoms. The zero-order valence-electron chi connectivity index (χ0n) is 15.2. The van der Waals surface area contributed by atoms with Crippen molar-refractivity contribution in [3.05, 3.63) is 0 Å². The number of esters is 1. The summed E-state index contributed by atoms with van der Waals surface area (Å²) in [5.74, 6) is -1.25. The molecule has 0 aromatic carbocycles. The monoisotopic (exact) mass is 344 g/mol. The number of carbonyl (C=O) groups excluding carboxylic acids is 3. The van der Waals surface area contributed by atoms with Crippen LogP contribution in [0.15, 0.2) is 0 Å². The lowest BCUT2D eigenvalue weighted by Gasteiger charge is -2.29. The third-order valence-corrected chi connectivity index (χ3v) is 3.63. The van der Waals surface area contributed by atoms with E-state index in [0.29, 0.717) is 0 Å². The molecular weight excluding hydrogens is 316 g/mol. The fourth-order valence-corrected chi connectivity index (χ4v) is 2.46. The lowest BCUT2D eigenvalue weighted by atomic mass is 10.0. The van der Waals surface area contributed by atoms with E-state index in [1.165, 1.54) is 12.0 Å². The minimum Gasteiger partial charge on any atom is -0.467 e. The van der Waals surface area contributed by atoms with Crippen LogP contribution >= 0.6 is 0 Å².